The number of ether oxygens (including phenoxy) is 2. The molecule has 0 saturated carbocycles. The quantitative estimate of drug-likeness (QED) is 0.316. The Labute approximate surface area is 189 Å². The highest BCUT2D eigenvalue weighted by molar-refractivity contribution is 6.30. The van der Waals surface area contributed by atoms with Crippen LogP contribution in [0.5, 0.6) is 11.5 Å². The van der Waals surface area contributed by atoms with Crippen molar-refractivity contribution >= 4 is 35.4 Å². The summed E-state index contributed by atoms with van der Waals surface area (Å²) >= 11 is 12.0. The minimum Gasteiger partial charge on any atom is -0.489 e. The lowest BCUT2D eigenvalue weighted by Gasteiger charge is -2.12. The van der Waals surface area contributed by atoms with Gasteiger partial charge in [0.15, 0.2) is 0 Å². The van der Waals surface area contributed by atoms with Crippen LogP contribution in [-0.4, -0.2) is 23.9 Å². The van der Waals surface area contributed by atoms with Crippen molar-refractivity contribution in [1.82, 2.24) is 0 Å². The summed E-state index contributed by atoms with van der Waals surface area (Å²) in [6.07, 6.45) is 1.38. The molecule has 0 unspecified atom stereocenters. The number of nitrogens with zero attached hydrogens (tertiary/aromatic N) is 1. The zero-order valence-electron chi connectivity index (χ0n) is 16.3. The average Bonchev–Trinajstić information content (AvgIpc) is 2.74. The molecule has 0 amide bonds. The average molecular weight is 460 g/mol. The fraction of sp³-hybridized carbons (Fsp3) is 0.130. The number of benzene rings is 3. The molecule has 0 aliphatic heterocycles. The summed E-state index contributed by atoms with van der Waals surface area (Å²) in [6, 6.07) is 20.0. The summed E-state index contributed by atoms with van der Waals surface area (Å²) < 4.78 is 11.7. The molecule has 0 aromatic heterocycles. The van der Waals surface area contributed by atoms with Crippen molar-refractivity contribution in [2.75, 3.05) is 6.61 Å². The van der Waals surface area contributed by atoms with Crippen molar-refractivity contribution in [2.45, 2.75) is 13.2 Å². The smallest absolute Gasteiger partial charge is 0.344 e. The van der Waals surface area contributed by atoms with Gasteiger partial charge in [-0.05, 0) is 53.6 Å². The number of rotatable bonds is 10. The van der Waals surface area contributed by atoms with E-state index in [1.54, 1.807) is 30.3 Å². The number of carboxylic acid groups (broad SMARTS) is 1. The highest BCUT2D eigenvalue weighted by atomic mass is 35.5. The molecule has 0 atom stereocenters. The van der Waals surface area contributed by atoms with Gasteiger partial charge in [0, 0.05) is 15.6 Å². The Kier molecular flexibility index (Phi) is 8.15. The molecule has 8 heteroatoms. The van der Waals surface area contributed by atoms with Gasteiger partial charge in [0.1, 0.15) is 24.7 Å². The van der Waals surface area contributed by atoms with Crippen LogP contribution in [0.3, 0.4) is 0 Å². The lowest BCUT2D eigenvalue weighted by atomic mass is 10.2. The minimum atomic E-state index is -1.12. The van der Waals surface area contributed by atoms with Crippen LogP contribution in [0.1, 0.15) is 16.7 Å². The molecule has 0 bridgehead atoms. The van der Waals surface area contributed by atoms with Gasteiger partial charge in [-0.2, -0.15) is 0 Å². The van der Waals surface area contributed by atoms with E-state index in [1.165, 1.54) is 6.21 Å². The first-order valence-corrected chi connectivity index (χ1v) is 10.0. The van der Waals surface area contributed by atoms with E-state index in [9.17, 15) is 4.79 Å². The number of halogens is 2. The molecule has 6 nitrogen and oxygen atoms in total. The van der Waals surface area contributed by atoms with E-state index in [1.807, 2.05) is 36.4 Å². The Bertz CT molecular complexity index is 1070. The van der Waals surface area contributed by atoms with E-state index >= 15 is 0 Å². The Hall–Kier alpha value is -3.22. The fourth-order valence-electron chi connectivity index (χ4n) is 2.62. The lowest BCUT2D eigenvalue weighted by Crippen LogP contribution is -2.04. The molecule has 31 heavy (non-hydrogen) atoms. The molecule has 0 fully saturated rings. The highest BCUT2D eigenvalue weighted by Crippen LogP contribution is 2.25. The Morgan fingerprint density at radius 3 is 2.16 bits per heavy atom. The third kappa shape index (κ3) is 7.51. The molecule has 0 spiro atoms. The van der Waals surface area contributed by atoms with Crippen molar-refractivity contribution < 1.29 is 24.2 Å². The lowest BCUT2D eigenvalue weighted by molar-refractivity contribution is -0.142. The molecule has 0 heterocycles. The predicted molar refractivity (Wildman–Crippen MR) is 119 cm³/mol. The molecular formula is C23H19Cl2NO5. The summed E-state index contributed by atoms with van der Waals surface area (Å²) in [7, 11) is 0. The van der Waals surface area contributed by atoms with Crippen LogP contribution >= 0.6 is 23.2 Å². The van der Waals surface area contributed by atoms with Crippen LogP contribution in [0.15, 0.2) is 71.9 Å². The van der Waals surface area contributed by atoms with Gasteiger partial charge in [-0.25, -0.2) is 4.79 Å². The number of hydrogen-bond donors (Lipinski definition) is 1. The van der Waals surface area contributed by atoms with E-state index in [0.29, 0.717) is 40.3 Å². The summed E-state index contributed by atoms with van der Waals surface area (Å²) in [5.41, 5.74) is 2.39. The maximum Gasteiger partial charge on any atom is 0.344 e. The number of aliphatic carboxylic acids is 1. The van der Waals surface area contributed by atoms with Crippen LogP contribution < -0.4 is 9.47 Å². The summed E-state index contributed by atoms with van der Waals surface area (Å²) in [5, 5.41) is 13.6. The Morgan fingerprint density at radius 2 is 1.55 bits per heavy atom. The van der Waals surface area contributed by atoms with Crippen LogP contribution in [0.2, 0.25) is 10.0 Å². The molecule has 0 radical (unpaired) electrons. The van der Waals surface area contributed by atoms with Crippen molar-refractivity contribution in [1.29, 1.82) is 0 Å². The maximum atomic E-state index is 10.6. The molecule has 0 aliphatic carbocycles. The molecule has 3 rings (SSSR count). The second-order valence-corrected chi connectivity index (χ2v) is 7.31. The van der Waals surface area contributed by atoms with Gasteiger partial charge >= 0.3 is 5.97 Å². The molecule has 0 saturated heterocycles. The SMILES string of the molecule is O=C(O)CON=Cc1cc(OCc2cccc(Cl)c2)ccc1OCc1cccc(Cl)c1. The van der Waals surface area contributed by atoms with Crippen molar-refractivity contribution in [3.8, 4) is 11.5 Å². The second kappa shape index (κ2) is 11.2. The standard InChI is InChI=1S/C23H19Cl2NO5/c24-19-5-1-3-16(9-19)13-29-21-7-8-22(18(11-21)12-26-31-15-23(27)28)30-14-17-4-2-6-20(25)10-17/h1-12H,13-15H2,(H,27,28). The third-order valence-electron chi connectivity index (χ3n) is 4.01. The normalized spacial score (nSPS) is 10.8. The topological polar surface area (TPSA) is 77.4 Å². The number of oxime groups is 1. The first-order valence-electron chi connectivity index (χ1n) is 9.25. The van der Waals surface area contributed by atoms with Gasteiger partial charge in [0.2, 0.25) is 6.61 Å². The van der Waals surface area contributed by atoms with Crippen LogP contribution in [0.4, 0.5) is 0 Å². The molecule has 3 aromatic rings. The Balaban J connectivity index is 1.73. The van der Waals surface area contributed by atoms with Crippen molar-refractivity contribution in [3.63, 3.8) is 0 Å². The van der Waals surface area contributed by atoms with E-state index < -0.39 is 12.6 Å². The monoisotopic (exact) mass is 459 g/mol. The third-order valence-corrected chi connectivity index (χ3v) is 4.48. The first-order chi connectivity index (χ1) is 15.0. The van der Waals surface area contributed by atoms with Crippen LogP contribution in [0.25, 0.3) is 0 Å². The number of carbonyl (C=O) groups is 1. The highest BCUT2D eigenvalue weighted by Gasteiger charge is 2.07. The predicted octanol–water partition coefficient (Wildman–Crippen LogP) is 5.59. The fourth-order valence-corrected chi connectivity index (χ4v) is 3.04. The summed E-state index contributed by atoms with van der Waals surface area (Å²) in [4.78, 5) is 15.4. The van der Waals surface area contributed by atoms with Gasteiger partial charge in [-0.1, -0.05) is 52.6 Å². The van der Waals surface area contributed by atoms with Gasteiger partial charge in [-0.3, -0.25) is 0 Å². The van der Waals surface area contributed by atoms with E-state index in [-0.39, 0.29) is 0 Å². The van der Waals surface area contributed by atoms with Crippen LogP contribution in [-0.2, 0) is 22.8 Å². The van der Waals surface area contributed by atoms with E-state index in [4.69, 9.17) is 42.6 Å². The molecule has 160 valence electrons. The number of carboxylic acids is 1. The van der Waals surface area contributed by atoms with Crippen molar-refractivity contribution in [2.24, 2.45) is 5.16 Å². The van der Waals surface area contributed by atoms with Crippen molar-refractivity contribution in [3.05, 3.63) is 93.5 Å². The first kappa shape index (κ1) is 22.5. The van der Waals surface area contributed by atoms with Crippen LogP contribution in [0, 0.1) is 0 Å². The summed E-state index contributed by atoms with van der Waals surface area (Å²) in [5.74, 6) is -0.0132. The number of hydrogen-bond acceptors (Lipinski definition) is 5. The zero-order chi connectivity index (χ0) is 22.1. The van der Waals surface area contributed by atoms with Gasteiger partial charge in [0.05, 0.1) is 6.21 Å². The molecule has 1 N–H and O–H groups in total. The molecule has 3 aromatic carbocycles. The van der Waals surface area contributed by atoms with Gasteiger partial charge < -0.3 is 19.4 Å². The van der Waals surface area contributed by atoms with Gasteiger partial charge in [0.25, 0.3) is 0 Å². The zero-order valence-corrected chi connectivity index (χ0v) is 17.8. The molecular weight excluding hydrogens is 441 g/mol. The van der Waals surface area contributed by atoms with E-state index in [2.05, 4.69) is 5.16 Å². The summed E-state index contributed by atoms with van der Waals surface area (Å²) in [6.45, 7) is 0.0790. The van der Waals surface area contributed by atoms with E-state index in [0.717, 1.165) is 11.1 Å². The Morgan fingerprint density at radius 1 is 0.903 bits per heavy atom. The molecule has 0 aliphatic rings. The van der Waals surface area contributed by atoms with Gasteiger partial charge in [-0.15, -0.1) is 0 Å². The minimum absolute atomic E-state index is 0.292. The maximum absolute atomic E-state index is 10.6. The largest absolute Gasteiger partial charge is 0.489 e. The second-order valence-electron chi connectivity index (χ2n) is 6.44.